The second-order valence-electron chi connectivity index (χ2n) is 6.96. The molecule has 4 aromatic carbocycles. The van der Waals surface area contributed by atoms with E-state index in [2.05, 4.69) is 92.7 Å². The van der Waals surface area contributed by atoms with Gasteiger partial charge in [0.25, 0.3) is 0 Å². The second-order valence-corrected chi connectivity index (χ2v) is 6.96. The van der Waals surface area contributed by atoms with Crippen LogP contribution in [0, 0.1) is 13.8 Å². The maximum absolute atomic E-state index is 6.12. The van der Waals surface area contributed by atoms with Crippen molar-refractivity contribution in [1.82, 2.24) is 0 Å². The van der Waals surface area contributed by atoms with Gasteiger partial charge in [0.05, 0.1) is 0 Å². The second kappa shape index (κ2) is 7.13. The molecule has 0 atom stereocenters. The Balaban J connectivity index is 1.94. The molecule has 0 amide bonds. The van der Waals surface area contributed by atoms with Gasteiger partial charge in [-0.05, 0) is 70.5 Å². The van der Waals surface area contributed by atoms with Crippen LogP contribution >= 0.6 is 0 Å². The fourth-order valence-corrected chi connectivity index (χ4v) is 3.75. The molecular weight excluding hydrogens is 326 g/mol. The van der Waals surface area contributed by atoms with Crippen molar-refractivity contribution in [3.05, 3.63) is 102 Å². The van der Waals surface area contributed by atoms with Gasteiger partial charge >= 0.3 is 0 Å². The van der Waals surface area contributed by atoms with Gasteiger partial charge in [0.1, 0.15) is 0 Å². The molecule has 0 aromatic heterocycles. The minimum Gasteiger partial charge on any atom is -0.399 e. The average Bonchev–Trinajstić information content (AvgIpc) is 2.70. The van der Waals surface area contributed by atoms with Crippen LogP contribution in [0.15, 0.2) is 91.0 Å². The molecule has 0 aliphatic rings. The van der Waals surface area contributed by atoms with Crippen LogP contribution in [0.1, 0.15) is 11.1 Å². The number of hydrogen-bond donors (Lipinski definition) is 1. The highest BCUT2D eigenvalue weighted by Gasteiger charge is 2.13. The van der Waals surface area contributed by atoms with Crippen molar-refractivity contribution in [2.45, 2.75) is 13.8 Å². The third-order valence-corrected chi connectivity index (χ3v) is 5.19. The largest absolute Gasteiger partial charge is 0.399 e. The summed E-state index contributed by atoms with van der Waals surface area (Å²) in [5.74, 6) is 0. The molecule has 27 heavy (non-hydrogen) atoms. The van der Waals surface area contributed by atoms with Crippen LogP contribution < -0.4 is 5.73 Å². The predicted octanol–water partition coefficient (Wildman–Crippen LogP) is 6.89. The highest BCUT2D eigenvalue weighted by Crippen LogP contribution is 2.38. The molecule has 132 valence electrons. The lowest BCUT2D eigenvalue weighted by atomic mass is 9.87. The van der Waals surface area contributed by atoms with Crippen molar-refractivity contribution in [2.75, 3.05) is 5.73 Å². The molecule has 0 unspecified atom stereocenters. The van der Waals surface area contributed by atoms with E-state index >= 15 is 0 Å². The highest BCUT2D eigenvalue weighted by atomic mass is 14.5. The molecule has 0 heterocycles. The fourth-order valence-electron chi connectivity index (χ4n) is 3.75. The lowest BCUT2D eigenvalue weighted by Crippen LogP contribution is -1.94. The first kappa shape index (κ1) is 17.1. The predicted molar refractivity (Wildman–Crippen MR) is 117 cm³/mol. The van der Waals surface area contributed by atoms with Gasteiger partial charge < -0.3 is 5.73 Å². The summed E-state index contributed by atoms with van der Waals surface area (Å²) in [5, 5.41) is 0. The minimum atomic E-state index is 0.783. The molecule has 0 saturated carbocycles. The van der Waals surface area contributed by atoms with Crippen molar-refractivity contribution < 1.29 is 0 Å². The topological polar surface area (TPSA) is 26.0 Å². The molecule has 4 rings (SSSR count). The van der Waals surface area contributed by atoms with Gasteiger partial charge in [-0.15, -0.1) is 0 Å². The monoisotopic (exact) mass is 349 g/mol. The molecular formula is C26H23N. The van der Waals surface area contributed by atoms with Crippen molar-refractivity contribution >= 4 is 5.69 Å². The molecule has 4 aromatic rings. The molecule has 1 nitrogen and oxygen atoms in total. The van der Waals surface area contributed by atoms with Crippen LogP contribution in [0.5, 0.6) is 0 Å². The van der Waals surface area contributed by atoms with E-state index in [1.807, 2.05) is 12.1 Å². The summed E-state index contributed by atoms with van der Waals surface area (Å²) in [6.07, 6.45) is 0. The van der Waals surface area contributed by atoms with Crippen LogP contribution in [0.2, 0.25) is 0 Å². The fraction of sp³-hybridized carbons (Fsp3) is 0.0769. The Morgan fingerprint density at radius 3 is 1.89 bits per heavy atom. The molecule has 0 saturated heterocycles. The molecule has 0 bridgehead atoms. The third-order valence-electron chi connectivity index (χ3n) is 5.19. The van der Waals surface area contributed by atoms with Crippen LogP contribution in [0.25, 0.3) is 33.4 Å². The number of anilines is 1. The van der Waals surface area contributed by atoms with E-state index in [0.717, 1.165) is 5.69 Å². The van der Waals surface area contributed by atoms with Crippen molar-refractivity contribution in [1.29, 1.82) is 0 Å². The van der Waals surface area contributed by atoms with E-state index in [0.29, 0.717) is 0 Å². The summed E-state index contributed by atoms with van der Waals surface area (Å²) in [6.45, 7) is 4.38. The number of hydrogen-bond acceptors (Lipinski definition) is 1. The van der Waals surface area contributed by atoms with E-state index in [4.69, 9.17) is 5.73 Å². The summed E-state index contributed by atoms with van der Waals surface area (Å²) in [4.78, 5) is 0. The van der Waals surface area contributed by atoms with Gasteiger partial charge in [0.15, 0.2) is 0 Å². The smallest absolute Gasteiger partial charge is 0.0320 e. The zero-order chi connectivity index (χ0) is 18.8. The molecule has 0 fully saturated rings. The maximum atomic E-state index is 6.12. The van der Waals surface area contributed by atoms with Gasteiger partial charge in [-0.2, -0.15) is 0 Å². The molecule has 0 spiro atoms. The van der Waals surface area contributed by atoms with Crippen LogP contribution in [-0.2, 0) is 0 Å². The first-order valence-corrected chi connectivity index (χ1v) is 9.26. The Morgan fingerprint density at radius 1 is 0.519 bits per heavy atom. The van der Waals surface area contributed by atoms with Gasteiger partial charge in [-0.1, -0.05) is 78.9 Å². The summed E-state index contributed by atoms with van der Waals surface area (Å²) < 4.78 is 0. The first-order valence-electron chi connectivity index (χ1n) is 9.26. The van der Waals surface area contributed by atoms with E-state index in [1.165, 1.54) is 44.5 Å². The Morgan fingerprint density at radius 2 is 1.15 bits per heavy atom. The summed E-state index contributed by atoms with van der Waals surface area (Å²) >= 11 is 0. The summed E-state index contributed by atoms with van der Waals surface area (Å²) in [7, 11) is 0. The van der Waals surface area contributed by atoms with Gasteiger partial charge in [-0.25, -0.2) is 0 Å². The highest BCUT2D eigenvalue weighted by molar-refractivity contribution is 5.89. The Labute approximate surface area is 161 Å². The number of aryl methyl sites for hydroxylation is 1. The van der Waals surface area contributed by atoms with E-state index in [9.17, 15) is 0 Å². The van der Waals surface area contributed by atoms with Crippen molar-refractivity contribution in [3.63, 3.8) is 0 Å². The molecule has 2 N–H and O–H groups in total. The summed E-state index contributed by atoms with van der Waals surface area (Å²) in [5.41, 5.74) is 16.8. The van der Waals surface area contributed by atoms with Crippen LogP contribution in [0.4, 0.5) is 5.69 Å². The SMILES string of the molecule is Cc1ccccc1-c1cccc(-c2ccc(N)cc2-c2ccccc2)c1C. The number of benzene rings is 4. The van der Waals surface area contributed by atoms with E-state index in [1.54, 1.807) is 0 Å². The minimum absolute atomic E-state index is 0.783. The third kappa shape index (κ3) is 3.24. The standard InChI is InChI=1S/C26H23N/c1-18-9-6-7-12-22(18)23-13-8-14-24(19(23)2)25-16-15-21(27)17-26(25)20-10-4-3-5-11-20/h3-17H,27H2,1-2H3. The van der Waals surface area contributed by atoms with Crippen molar-refractivity contribution in [2.24, 2.45) is 0 Å². The Hall–Kier alpha value is -3.32. The lowest BCUT2D eigenvalue weighted by Gasteiger charge is -2.17. The number of rotatable bonds is 3. The molecule has 1 heteroatoms. The molecule has 0 radical (unpaired) electrons. The summed E-state index contributed by atoms with van der Waals surface area (Å²) in [6, 6.07) is 31.8. The zero-order valence-electron chi connectivity index (χ0n) is 15.7. The van der Waals surface area contributed by atoms with E-state index in [-0.39, 0.29) is 0 Å². The first-order chi connectivity index (χ1) is 13.1. The number of nitrogens with two attached hydrogens (primary N) is 1. The van der Waals surface area contributed by atoms with Gasteiger partial charge in [0, 0.05) is 5.69 Å². The maximum Gasteiger partial charge on any atom is 0.0320 e. The van der Waals surface area contributed by atoms with Crippen LogP contribution in [0.3, 0.4) is 0 Å². The Kier molecular flexibility index (Phi) is 4.52. The van der Waals surface area contributed by atoms with Gasteiger partial charge in [-0.3, -0.25) is 0 Å². The van der Waals surface area contributed by atoms with E-state index < -0.39 is 0 Å². The van der Waals surface area contributed by atoms with Crippen LogP contribution in [-0.4, -0.2) is 0 Å². The zero-order valence-corrected chi connectivity index (χ0v) is 15.7. The molecule has 0 aliphatic heterocycles. The normalized spacial score (nSPS) is 10.7. The number of nitrogen functional groups attached to an aromatic ring is 1. The van der Waals surface area contributed by atoms with Gasteiger partial charge in [0.2, 0.25) is 0 Å². The van der Waals surface area contributed by atoms with Crippen molar-refractivity contribution in [3.8, 4) is 33.4 Å². The quantitative estimate of drug-likeness (QED) is 0.401. The lowest BCUT2D eigenvalue weighted by molar-refractivity contribution is 1.40. The Bertz CT molecular complexity index is 1090. The average molecular weight is 349 g/mol. The molecule has 0 aliphatic carbocycles.